The number of hydrogen-bond acceptors (Lipinski definition) is 6. The Kier molecular flexibility index (Phi) is 5.61. The van der Waals surface area contributed by atoms with Crippen molar-refractivity contribution in [1.29, 1.82) is 0 Å². The number of benzene rings is 1. The molecule has 0 saturated carbocycles. The molecule has 3 aromatic rings. The zero-order valence-electron chi connectivity index (χ0n) is 15.0. The van der Waals surface area contributed by atoms with Crippen molar-refractivity contribution >= 4 is 5.97 Å². The van der Waals surface area contributed by atoms with Gasteiger partial charge in [-0.2, -0.15) is 10.1 Å². The second-order valence-electron chi connectivity index (χ2n) is 5.76. The average Bonchev–Trinajstić information content (AvgIpc) is 3.19. The van der Waals surface area contributed by atoms with Crippen LogP contribution in [0.15, 0.2) is 40.2 Å². The van der Waals surface area contributed by atoms with Crippen molar-refractivity contribution in [2.45, 2.75) is 20.0 Å². The molecule has 29 heavy (non-hydrogen) atoms. The lowest BCUT2D eigenvalue weighted by Crippen LogP contribution is -2.45. The minimum atomic E-state index is -1.39. The van der Waals surface area contributed by atoms with Crippen molar-refractivity contribution < 1.29 is 22.7 Å². The zero-order chi connectivity index (χ0) is 21.1. The van der Waals surface area contributed by atoms with E-state index in [2.05, 4.69) is 10.1 Å². The lowest BCUT2D eigenvalue weighted by molar-refractivity contribution is -0.144. The normalized spacial score (nSPS) is 10.9. The molecule has 0 aliphatic rings. The van der Waals surface area contributed by atoms with Crippen LogP contribution in [-0.2, 0) is 22.6 Å². The summed E-state index contributed by atoms with van der Waals surface area (Å²) in [5.41, 5.74) is -2.47. The van der Waals surface area contributed by atoms with Crippen LogP contribution >= 0.6 is 0 Å². The number of aromatic nitrogens is 5. The highest BCUT2D eigenvalue weighted by Crippen LogP contribution is 2.15. The fourth-order valence-electron chi connectivity index (χ4n) is 2.55. The van der Waals surface area contributed by atoms with Crippen LogP contribution in [0.2, 0.25) is 0 Å². The fraction of sp³-hybridized carbons (Fsp3) is 0.235. The summed E-state index contributed by atoms with van der Waals surface area (Å²) >= 11 is 0. The number of nitrogens with zero attached hydrogens (tertiary/aromatic N) is 5. The molecule has 0 radical (unpaired) electrons. The first-order valence-corrected chi connectivity index (χ1v) is 8.32. The van der Waals surface area contributed by atoms with Gasteiger partial charge in [0.2, 0.25) is 5.95 Å². The topological polar surface area (TPSA) is 101 Å². The molecule has 0 unspecified atom stereocenters. The van der Waals surface area contributed by atoms with Crippen molar-refractivity contribution in [3.63, 3.8) is 0 Å². The summed E-state index contributed by atoms with van der Waals surface area (Å²) in [7, 11) is 0. The van der Waals surface area contributed by atoms with Crippen LogP contribution in [-0.4, -0.2) is 36.5 Å². The molecular weight excluding hydrogens is 395 g/mol. The lowest BCUT2D eigenvalue weighted by atomic mass is 10.2. The predicted octanol–water partition coefficient (Wildman–Crippen LogP) is 0.619. The zero-order valence-corrected chi connectivity index (χ0v) is 15.0. The van der Waals surface area contributed by atoms with E-state index in [0.29, 0.717) is 16.7 Å². The number of hydrogen-bond donors (Lipinski definition) is 0. The molecule has 12 heteroatoms. The Hall–Kier alpha value is -3.70. The summed E-state index contributed by atoms with van der Waals surface area (Å²) in [6.07, 6.45) is 2.72. The van der Waals surface area contributed by atoms with E-state index in [0.717, 1.165) is 9.25 Å². The Balaban J connectivity index is 2.17. The molecule has 9 nitrogen and oxygen atoms in total. The molecule has 0 fully saturated rings. The Morgan fingerprint density at radius 2 is 1.83 bits per heavy atom. The van der Waals surface area contributed by atoms with Gasteiger partial charge in [-0.15, -0.1) is 0 Å². The van der Waals surface area contributed by atoms with Crippen LogP contribution in [0.5, 0.6) is 0 Å². The number of carbonyl (C=O) groups excluding carboxylic acids is 1. The van der Waals surface area contributed by atoms with Gasteiger partial charge in [-0.1, -0.05) is 0 Å². The molecule has 0 aliphatic heterocycles. The number of rotatable bonds is 6. The molecule has 0 saturated heterocycles. The van der Waals surface area contributed by atoms with E-state index in [-0.39, 0.29) is 18.1 Å². The summed E-state index contributed by atoms with van der Waals surface area (Å²) in [6, 6.07) is 2.41. The van der Waals surface area contributed by atoms with E-state index in [1.807, 2.05) is 0 Å². The molecule has 0 bridgehead atoms. The first kappa shape index (κ1) is 20.0. The summed E-state index contributed by atoms with van der Waals surface area (Å²) in [5, 5.41) is 3.87. The second-order valence-corrected chi connectivity index (χ2v) is 5.76. The van der Waals surface area contributed by atoms with Gasteiger partial charge in [0.1, 0.15) is 12.4 Å². The van der Waals surface area contributed by atoms with Gasteiger partial charge in [0.05, 0.1) is 13.2 Å². The molecule has 2 aromatic heterocycles. The van der Waals surface area contributed by atoms with Gasteiger partial charge in [0.25, 0.3) is 0 Å². The van der Waals surface area contributed by atoms with Crippen LogP contribution in [0.4, 0.5) is 13.2 Å². The summed E-state index contributed by atoms with van der Waals surface area (Å²) in [5.74, 6) is -4.97. The molecule has 152 valence electrons. The van der Waals surface area contributed by atoms with Gasteiger partial charge >= 0.3 is 17.3 Å². The Morgan fingerprint density at radius 3 is 2.48 bits per heavy atom. The van der Waals surface area contributed by atoms with Gasteiger partial charge < -0.3 is 4.74 Å². The van der Waals surface area contributed by atoms with Crippen LogP contribution in [0.25, 0.3) is 5.95 Å². The Morgan fingerprint density at radius 1 is 1.10 bits per heavy atom. The molecule has 3 rings (SSSR count). The number of halogens is 3. The number of carbonyl (C=O) groups is 1. The van der Waals surface area contributed by atoms with E-state index in [1.165, 1.54) is 18.5 Å². The first-order chi connectivity index (χ1) is 13.8. The average molecular weight is 409 g/mol. The van der Waals surface area contributed by atoms with Crippen molar-refractivity contribution in [3.05, 3.63) is 74.6 Å². The van der Waals surface area contributed by atoms with Crippen molar-refractivity contribution in [2.75, 3.05) is 6.61 Å². The third kappa shape index (κ3) is 4.10. The SMILES string of the molecule is CCOC(=O)Cn1c(=O)nc(-n2cccn2)n(Cc2cc(F)c(F)cc2F)c1=O. The number of esters is 1. The Bertz CT molecular complexity index is 1170. The minimum absolute atomic E-state index is 0.0284. The molecule has 0 atom stereocenters. The quantitative estimate of drug-likeness (QED) is 0.437. The van der Waals surface area contributed by atoms with E-state index < -0.39 is 47.9 Å². The summed E-state index contributed by atoms with van der Waals surface area (Å²) in [6.45, 7) is 0.246. The van der Waals surface area contributed by atoms with Gasteiger partial charge in [0, 0.05) is 24.0 Å². The molecular formula is C17H14F3N5O4. The van der Waals surface area contributed by atoms with Crippen LogP contribution < -0.4 is 11.4 Å². The monoisotopic (exact) mass is 409 g/mol. The standard InChI is InChI=1S/C17H14F3N5O4/c1-2-29-14(26)9-24-16(27)22-15(25-5-3-4-21-25)23(17(24)28)8-10-6-12(19)13(20)7-11(10)18/h3-7H,2,8-9H2,1H3. The fourth-order valence-corrected chi connectivity index (χ4v) is 2.55. The highest BCUT2D eigenvalue weighted by atomic mass is 19.2. The third-order valence-electron chi connectivity index (χ3n) is 3.85. The molecule has 0 amide bonds. The minimum Gasteiger partial charge on any atom is -0.465 e. The highest BCUT2D eigenvalue weighted by molar-refractivity contribution is 5.69. The van der Waals surface area contributed by atoms with Gasteiger partial charge in [0.15, 0.2) is 11.6 Å². The highest BCUT2D eigenvalue weighted by Gasteiger charge is 2.19. The van der Waals surface area contributed by atoms with E-state index in [9.17, 15) is 27.6 Å². The summed E-state index contributed by atoms with van der Waals surface area (Å²) < 4.78 is 48.0. The maximum absolute atomic E-state index is 14.1. The van der Waals surface area contributed by atoms with Crippen LogP contribution in [0.3, 0.4) is 0 Å². The summed E-state index contributed by atoms with van der Waals surface area (Å²) in [4.78, 5) is 40.6. The largest absolute Gasteiger partial charge is 0.465 e. The Labute approximate surface area is 160 Å². The van der Waals surface area contributed by atoms with Crippen LogP contribution in [0.1, 0.15) is 12.5 Å². The predicted molar refractivity (Wildman–Crippen MR) is 91.9 cm³/mol. The first-order valence-electron chi connectivity index (χ1n) is 8.32. The smallest absolute Gasteiger partial charge is 0.355 e. The third-order valence-corrected chi connectivity index (χ3v) is 3.85. The molecule has 1 aromatic carbocycles. The van der Waals surface area contributed by atoms with E-state index in [1.54, 1.807) is 6.92 Å². The van der Waals surface area contributed by atoms with Crippen molar-refractivity contribution in [1.82, 2.24) is 23.9 Å². The van der Waals surface area contributed by atoms with E-state index >= 15 is 0 Å². The van der Waals surface area contributed by atoms with Crippen molar-refractivity contribution in [3.8, 4) is 5.95 Å². The van der Waals surface area contributed by atoms with Gasteiger partial charge in [-0.3, -0.25) is 9.36 Å². The van der Waals surface area contributed by atoms with Gasteiger partial charge in [-0.05, 0) is 19.1 Å². The molecule has 2 heterocycles. The maximum atomic E-state index is 14.1. The second kappa shape index (κ2) is 8.12. The molecule has 0 aliphatic carbocycles. The maximum Gasteiger partial charge on any atom is 0.355 e. The molecule has 0 spiro atoms. The number of ether oxygens (including phenoxy) is 1. The lowest BCUT2D eigenvalue weighted by Gasteiger charge is -2.14. The van der Waals surface area contributed by atoms with Crippen molar-refractivity contribution in [2.24, 2.45) is 0 Å². The molecule has 0 N–H and O–H groups in total. The van der Waals surface area contributed by atoms with Crippen LogP contribution in [0, 0.1) is 17.5 Å². The van der Waals surface area contributed by atoms with Gasteiger partial charge in [-0.25, -0.2) is 32.0 Å². The van der Waals surface area contributed by atoms with E-state index in [4.69, 9.17) is 4.74 Å².